The molecule has 0 saturated heterocycles. The van der Waals surface area contributed by atoms with E-state index in [1.807, 2.05) is 43.3 Å². The van der Waals surface area contributed by atoms with Gasteiger partial charge in [-0.3, -0.25) is 0 Å². The molecule has 0 amide bonds. The molecule has 106 valence electrons. The maximum absolute atomic E-state index is 5.95. The lowest BCUT2D eigenvalue weighted by molar-refractivity contribution is 0.393. The molecule has 20 heavy (non-hydrogen) atoms. The molecule has 0 radical (unpaired) electrons. The normalized spacial score (nSPS) is 10.2. The van der Waals surface area contributed by atoms with Gasteiger partial charge in [0.05, 0.1) is 14.2 Å². The van der Waals surface area contributed by atoms with Crippen LogP contribution >= 0.6 is 11.6 Å². The van der Waals surface area contributed by atoms with Gasteiger partial charge in [0.15, 0.2) is 0 Å². The van der Waals surface area contributed by atoms with E-state index in [1.54, 1.807) is 14.2 Å². The number of aryl methyl sites for hydroxylation is 1. The third-order valence-electron chi connectivity index (χ3n) is 3.08. The van der Waals surface area contributed by atoms with Crippen molar-refractivity contribution in [2.45, 2.75) is 13.5 Å². The Kier molecular flexibility index (Phi) is 4.74. The number of nitrogens with one attached hydrogen (secondary N) is 1. The summed E-state index contributed by atoms with van der Waals surface area (Å²) in [7, 11) is 3.30. The molecule has 3 nitrogen and oxygen atoms in total. The van der Waals surface area contributed by atoms with Crippen molar-refractivity contribution in [3.8, 4) is 11.5 Å². The molecule has 0 bridgehead atoms. The summed E-state index contributed by atoms with van der Waals surface area (Å²) in [5.41, 5.74) is 3.28. The second-order valence-corrected chi connectivity index (χ2v) is 4.97. The van der Waals surface area contributed by atoms with Crippen molar-refractivity contribution in [2.75, 3.05) is 19.5 Å². The van der Waals surface area contributed by atoms with Gasteiger partial charge in [0, 0.05) is 23.3 Å². The van der Waals surface area contributed by atoms with Crippen LogP contribution in [0.4, 0.5) is 5.69 Å². The molecule has 0 heterocycles. The second kappa shape index (κ2) is 6.53. The van der Waals surface area contributed by atoms with Crippen molar-refractivity contribution in [1.82, 2.24) is 0 Å². The Bertz CT molecular complexity index is 577. The SMILES string of the molecule is COc1cc(CNc2ccc(Cl)cc2C)cc(OC)c1. The summed E-state index contributed by atoms with van der Waals surface area (Å²) in [5.74, 6) is 1.57. The first-order valence-electron chi connectivity index (χ1n) is 6.34. The second-order valence-electron chi connectivity index (χ2n) is 4.53. The lowest BCUT2D eigenvalue weighted by Gasteiger charge is -2.12. The van der Waals surface area contributed by atoms with Gasteiger partial charge < -0.3 is 14.8 Å². The van der Waals surface area contributed by atoms with Gasteiger partial charge in [0.2, 0.25) is 0 Å². The van der Waals surface area contributed by atoms with Crippen LogP contribution in [0.15, 0.2) is 36.4 Å². The van der Waals surface area contributed by atoms with Gasteiger partial charge in [-0.25, -0.2) is 0 Å². The number of anilines is 1. The van der Waals surface area contributed by atoms with E-state index < -0.39 is 0 Å². The van der Waals surface area contributed by atoms with Gasteiger partial charge in [-0.05, 0) is 48.4 Å². The van der Waals surface area contributed by atoms with Gasteiger partial charge in [0.25, 0.3) is 0 Å². The lowest BCUT2D eigenvalue weighted by atomic mass is 10.1. The number of benzene rings is 2. The van der Waals surface area contributed by atoms with E-state index in [0.717, 1.165) is 33.3 Å². The fourth-order valence-electron chi connectivity index (χ4n) is 1.99. The summed E-state index contributed by atoms with van der Waals surface area (Å²) in [6.07, 6.45) is 0. The Labute approximate surface area is 124 Å². The molecule has 4 heteroatoms. The molecule has 0 spiro atoms. The Morgan fingerprint density at radius 1 is 1.00 bits per heavy atom. The predicted octanol–water partition coefficient (Wildman–Crippen LogP) is 4.28. The quantitative estimate of drug-likeness (QED) is 0.892. The lowest BCUT2D eigenvalue weighted by Crippen LogP contribution is -2.02. The third-order valence-corrected chi connectivity index (χ3v) is 3.32. The molecule has 2 aromatic rings. The third kappa shape index (κ3) is 3.58. The van der Waals surface area contributed by atoms with Gasteiger partial charge in [0.1, 0.15) is 11.5 Å². The van der Waals surface area contributed by atoms with E-state index >= 15 is 0 Å². The molecule has 0 fully saturated rings. The monoisotopic (exact) mass is 291 g/mol. The summed E-state index contributed by atoms with van der Waals surface area (Å²) in [5, 5.41) is 4.14. The van der Waals surface area contributed by atoms with Crippen molar-refractivity contribution >= 4 is 17.3 Å². The molecule has 0 aliphatic carbocycles. The molecule has 0 aliphatic heterocycles. The number of methoxy groups -OCH3 is 2. The summed E-state index contributed by atoms with van der Waals surface area (Å²) in [4.78, 5) is 0. The van der Waals surface area contributed by atoms with Crippen molar-refractivity contribution in [2.24, 2.45) is 0 Å². The van der Waals surface area contributed by atoms with E-state index in [2.05, 4.69) is 5.32 Å². The van der Waals surface area contributed by atoms with E-state index in [4.69, 9.17) is 21.1 Å². The van der Waals surface area contributed by atoms with Gasteiger partial charge >= 0.3 is 0 Å². The first kappa shape index (κ1) is 14.5. The van der Waals surface area contributed by atoms with Crippen LogP contribution in [0.25, 0.3) is 0 Å². The van der Waals surface area contributed by atoms with E-state index in [9.17, 15) is 0 Å². The largest absolute Gasteiger partial charge is 0.497 e. The average molecular weight is 292 g/mol. The zero-order valence-corrected chi connectivity index (χ0v) is 12.6. The van der Waals surface area contributed by atoms with Crippen LogP contribution in [0.2, 0.25) is 5.02 Å². The van der Waals surface area contributed by atoms with Crippen LogP contribution < -0.4 is 14.8 Å². The highest BCUT2D eigenvalue weighted by molar-refractivity contribution is 6.30. The zero-order valence-electron chi connectivity index (χ0n) is 11.9. The van der Waals surface area contributed by atoms with Gasteiger partial charge in [-0.1, -0.05) is 11.6 Å². The van der Waals surface area contributed by atoms with Crippen LogP contribution in [0.1, 0.15) is 11.1 Å². The zero-order chi connectivity index (χ0) is 14.5. The number of halogens is 1. The summed E-state index contributed by atoms with van der Waals surface area (Å²) < 4.78 is 10.5. The summed E-state index contributed by atoms with van der Waals surface area (Å²) in [6.45, 7) is 2.72. The van der Waals surface area contributed by atoms with Crippen molar-refractivity contribution in [3.05, 3.63) is 52.5 Å². The molecule has 2 rings (SSSR count). The molecule has 0 unspecified atom stereocenters. The van der Waals surface area contributed by atoms with Crippen LogP contribution in [0.3, 0.4) is 0 Å². The topological polar surface area (TPSA) is 30.5 Å². The summed E-state index contributed by atoms with van der Waals surface area (Å²) >= 11 is 5.95. The number of rotatable bonds is 5. The molecular formula is C16H18ClNO2. The molecule has 0 saturated carbocycles. The minimum Gasteiger partial charge on any atom is -0.497 e. The highest BCUT2D eigenvalue weighted by atomic mass is 35.5. The Balaban J connectivity index is 2.13. The fourth-order valence-corrected chi connectivity index (χ4v) is 2.22. The van der Waals surface area contributed by atoms with Crippen molar-refractivity contribution in [3.63, 3.8) is 0 Å². The molecule has 2 aromatic carbocycles. The first-order chi connectivity index (χ1) is 9.62. The van der Waals surface area contributed by atoms with Crippen LogP contribution in [0, 0.1) is 6.92 Å². The van der Waals surface area contributed by atoms with E-state index in [1.165, 1.54) is 0 Å². The summed E-state index contributed by atoms with van der Waals surface area (Å²) in [6, 6.07) is 11.6. The Morgan fingerprint density at radius 3 is 2.20 bits per heavy atom. The maximum atomic E-state index is 5.95. The predicted molar refractivity (Wildman–Crippen MR) is 83.1 cm³/mol. The minimum absolute atomic E-state index is 0.691. The molecule has 1 N–H and O–H groups in total. The Hall–Kier alpha value is -1.87. The van der Waals surface area contributed by atoms with Crippen LogP contribution in [0.5, 0.6) is 11.5 Å². The van der Waals surface area contributed by atoms with Gasteiger partial charge in [-0.15, -0.1) is 0 Å². The minimum atomic E-state index is 0.691. The Morgan fingerprint density at radius 2 is 1.65 bits per heavy atom. The molecule has 0 atom stereocenters. The maximum Gasteiger partial charge on any atom is 0.122 e. The highest BCUT2D eigenvalue weighted by Crippen LogP contribution is 2.24. The molecular weight excluding hydrogens is 274 g/mol. The van der Waals surface area contributed by atoms with Crippen LogP contribution in [-0.2, 0) is 6.54 Å². The number of hydrogen-bond donors (Lipinski definition) is 1. The average Bonchev–Trinajstić information content (AvgIpc) is 2.46. The molecule has 0 aliphatic rings. The van der Waals surface area contributed by atoms with Crippen molar-refractivity contribution in [1.29, 1.82) is 0 Å². The van der Waals surface area contributed by atoms with Gasteiger partial charge in [-0.2, -0.15) is 0 Å². The fraction of sp³-hybridized carbons (Fsp3) is 0.250. The van der Waals surface area contributed by atoms with E-state index in [-0.39, 0.29) is 0 Å². The number of ether oxygens (including phenoxy) is 2. The van der Waals surface area contributed by atoms with Crippen molar-refractivity contribution < 1.29 is 9.47 Å². The first-order valence-corrected chi connectivity index (χ1v) is 6.72. The van der Waals surface area contributed by atoms with E-state index in [0.29, 0.717) is 6.54 Å². The number of hydrogen-bond acceptors (Lipinski definition) is 3. The highest BCUT2D eigenvalue weighted by Gasteiger charge is 2.03. The smallest absolute Gasteiger partial charge is 0.122 e. The van der Waals surface area contributed by atoms with Crippen LogP contribution in [-0.4, -0.2) is 14.2 Å². The molecule has 0 aromatic heterocycles. The standard InChI is InChI=1S/C16H18ClNO2/c1-11-6-13(17)4-5-16(11)18-10-12-7-14(19-2)9-15(8-12)20-3/h4-9,18H,10H2,1-3H3.